The second-order valence-electron chi connectivity index (χ2n) is 5.35. The lowest BCUT2D eigenvalue weighted by Gasteiger charge is -2.25. The van der Waals surface area contributed by atoms with E-state index in [9.17, 15) is 9.59 Å². The van der Waals surface area contributed by atoms with E-state index in [-0.39, 0.29) is 24.5 Å². The minimum Gasteiger partial charge on any atom is -0.338 e. The molecule has 0 aliphatic rings. The topological polar surface area (TPSA) is 46.2 Å². The van der Waals surface area contributed by atoms with Crippen LogP contribution < -0.4 is 5.32 Å². The fourth-order valence-electron chi connectivity index (χ4n) is 2.15. The first kappa shape index (κ1) is 18.1. The van der Waals surface area contributed by atoms with Gasteiger partial charge in [0, 0.05) is 22.9 Å². The molecule has 0 aromatic heterocycles. The molecule has 2 aromatic rings. The molecule has 3 nitrogen and oxygen atoms in total. The highest BCUT2D eigenvalue weighted by Crippen LogP contribution is 2.29. The van der Waals surface area contributed by atoms with Crippen molar-refractivity contribution in [2.45, 2.75) is 23.3 Å². The number of halogens is 2. The molecule has 1 unspecified atom stereocenters. The number of hydrogen-bond donors (Lipinski definition) is 1. The molecule has 0 radical (unpaired) electrons. The number of carbonyl (C=O) groups is 2. The van der Waals surface area contributed by atoms with E-state index in [0.717, 1.165) is 10.0 Å². The third-order valence-electron chi connectivity index (χ3n) is 3.44. The first-order chi connectivity index (χ1) is 10.9. The van der Waals surface area contributed by atoms with Crippen molar-refractivity contribution in [3.63, 3.8) is 0 Å². The molecular weight excluding hydrogens is 469 g/mol. The average Bonchev–Trinajstić information content (AvgIpc) is 2.53. The maximum absolute atomic E-state index is 12.2. The number of alkyl halides is 1. The van der Waals surface area contributed by atoms with Crippen LogP contribution in [0, 0.1) is 0 Å². The largest absolute Gasteiger partial charge is 0.338 e. The summed E-state index contributed by atoms with van der Waals surface area (Å²) in [4.78, 5) is 24.2. The van der Waals surface area contributed by atoms with Gasteiger partial charge >= 0.3 is 0 Å². The van der Waals surface area contributed by atoms with Crippen molar-refractivity contribution in [1.82, 2.24) is 5.32 Å². The molecule has 0 saturated carbocycles. The molecule has 0 fully saturated rings. The van der Waals surface area contributed by atoms with Gasteiger partial charge in [0.2, 0.25) is 5.91 Å². The molecule has 0 aliphatic heterocycles. The molecule has 2 rings (SSSR count). The van der Waals surface area contributed by atoms with Crippen molar-refractivity contribution >= 4 is 50.2 Å². The summed E-state index contributed by atoms with van der Waals surface area (Å²) in [5.74, 6) is -0.145. The summed E-state index contributed by atoms with van der Waals surface area (Å²) in [5.41, 5.74) is 1.65. The van der Waals surface area contributed by atoms with Gasteiger partial charge in [0.05, 0.1) is 0 Å². The highest BCUT2D eigenvalue weighted by atomic mass is 127. The monoisotopic (exact) mass is 485 g/mol. The van der Waals surface area contributed by atoms with Crippen molar-refractivity contribution < 1.29 is 9.59 Å². The summed E-state index contributed by atoms with van der Waals surface area (Å²) in [6, 6.07) is 16.9. The Morgan fingerprint density at radius 1 is 1.04 bits per heavy atom. The Morgan fingerprint density at radius 2 is 1.65 bits per heavy atom. The van der Waals surface area contributed by atoms with E-state index in [1.54, 1.807) is 12.1 Å². The zero-order chi connectivity index (χ0) is 16.9. The lowest BCUT2D eigenvalue weighted by atomic mass is 10.1. The zero-order valence-electron chi connectivity index (χ0n) is 12.7. The van der Waals surface area contributed by atoms with Crippen LogP contribution in [0.1, 0.15) is 35.7 Å². The molecule has 1 N–H and O–H groups in total. The molecule has 2 aromatic carbocycles. The lowest BCUT2D eigenvalue weighted by molar-refractivity contribution is -0.121. The standard InChI is InChI=1S/C18H17BrINO2/c1-18(20,14-7-9-15(19)10-8-14)21-17(23)12-11-16(22)13-5-3-2-4-6-13/h2-10H,11-12H2,1H3,(H,21,23). The summed E-state index contributed by atoms with van der Waals surface area (Å²) in [6.45, 7) is 1.94. The van der Waals surface area contributed by atoms with Crippen LogP contribution >= 0.6 is 38.5 Å². The SMILES string of the molecule is CC(I)(NC(=O)CCC(=O)c1ccccc1)c1ccc(Br)cc1. The second-order valence-corrected chi connectivity index (χ2v) is 8.42. The van der Waals surface area contributed by atoms with Crippen molar-refractivity contribution in [2.75, 3.05) is 0 Å². The van der Waals surface area contributed by atoms with Crippen LogP contribution in [0.25, 0.3) is 0 Å². The van der Waals surface area contributed by atoms with Gasteiger partial charge < -0.3 is 5.32 Å². The van der Waals surface area contributed by atoms with Crippen LogP contribution in [0.3, 0.4) is 0 Å². The van der Waals surface area contributed by atoms with Gasteiger partial charge in [-0.1, -0.05) is 58.4 Å². The highest BCUT2D eigenvalue weighted by molar-refractivity contribution is 14.1. The van der Waals surface area contributed by atoms with Crippen LogP contribution in [0.5, 0.6) is 0 Å². The summed E-state index contributed by atoms with van der Waals surface area (Å²) < 4.78 is 0.485. The Labute approximate surface area is 158 Å². The highest BCUT2D eigenvalue weighted by Gasteiger charge is 2.25. The molecule has 1 atom stereocenters. The average molecular weight is 486 g/mol. The van der Waals surface area contributed by atoms with Crippen LogP contribution in [0.2, 0.25) is 0 Å². The fourth-order valence-corrected chi connectivity index (χ4v) is 3.08. The van der Waals surface area contributed by atoms with Crippen LogP contribution in [-0.4, -0.2) is 11.7 Å². The van der Waals surface area contributed by atoms with Gasteiger partial charge in [-0.15, -0.1) is 0 Å². The molecule has 23 heavy (non-hydrogen) atoms. The normalized spacial score (nSPS) is 13.2. The van der Waals surface area contributed by atoms with E-state index in [1.807, 2.05) is 49.4 Å². The molecule has 0 heterocycles. The Kier molecular flexibility index (Phi) is 6.35. The molecule has 1 amide bonds. The number of nitrogens with one attached hydrogen (secondary N) is 1. The molecule has 120 valence electrons. The van der Waals surface area contributed by atoms with Crippen molar-refractivity contribution in [3.05, 3.63) is 70.2 Å². The van der Waals surface area contributed by atoms with Gasteiger partial charge in [-0.25, -0.2) is 0 Å². The Bertz CT molecular complexity index is 684. The Balaban J connectivity index is 1.91. The smallest absolute Gasteiger partial charge is 0.221 e. The first-order valence-corrected chi connectivity index (χ1v) is 9.10. The minimum atomic E-state index is -0.509. The predicted molar refractivity (Wildman–Crippen MR) is 104 cm³/mol. The van der Waals surface area contributed by atoms with Gasteiger partial charge in [-0.2, -0.15) is 0 Å². The third-order valence-corrected chi connectivity index (χ3v) is 4.86. The Morgan fingerprint density at radius 3 is 2.26 bits per heavy atom. The van der Waals surface area contributed by atoms with Crippen LogP contribution in [0.4, 0.5) is 0 Å². The summed E-state index contributed by atoms with van der Waals surface area (Å²) in [5, 5.41) is 2.98. The quantitative estimate of drug-likeness (QED) is 0.275. The van der Waals surface area contributed by atoms with Crippen molar-refractivity contribution in [2.24, 2.45) is 0 Å². The predicted octanol–water partition coefficient (Wildman–Crippen LogP) is 4.84. The van der Waals surface area contributed by atoms with E-state index < -0.39 is 3.55 Å². The van der Waals surface area contributed by atoms with Gasteiger partial charge in [0.25, 0.3) is 0 Å². The maximum Gasteiger partial charge on any atom is 0.221 e. The molecule has 0 bridgehead atoms. The van der Waals surface area contributed by atoms with E-state index in [1.165, 1.54) is 0 Å². The van der Waals surface area contributed by atoms with Crippen molar-refractivity contribution in [1.29, 1.82) is 0 Å². The van der Waals surface area contributed by atoms with E-state index in [2.05, 4.69) is 43.8 Å². The van der Waals surface area contributed by atoms with E-state index >= 15 is 0 Å². The lowest BCUT2D eigenvalue weighted by Crippen LogP contribution is -2.38. The van der Waals surface area contributed by atoms with Gasteiger partial charge in [-0.3, -0.25) is 9.59 Å². The van der Waals surface area contributed by atoms with Crippen molar-refractivity contribution in [3.8, 4) is 0 Å². The fraction of sp³-hybridized carbons (Fsp3) is 0.222. The van der Waals surface area contributed by atoms with E-state index in [4.69, 9.17) is 0 Å². The summed E-state index contributed by atoms with van der Waals surface area (Å²) in [7, 11) is 0. The summed E-state index contributed by atoms with van der Waals surface area (Å²) in [6.07, 6.45) is 0.395. The van der Waals surface area contributed by atoms with Gasteiger partial charge in [0.15, 0.2) is 5.78 Å². The number of amides is 1. The molecule has 0 spiro atoms. The number of benzene rings is 2. The first-order valence-electron chi connectivity index (χ1n) is 7.23. The van der Waals surface area contributed by atoms with Crippen LogP contribution in [-0.2, 0) is 8.34 Å². The van der Waals surface area contributed by atoms with Gasteiger partial charge in [0.1, 0.15) is 3.55 Å². The second kappa shape index (κ2) is 8.06. The molecule has 5 heteroatoms. The van der Waals surface area contributed by atoms with E-state index in [0.29, 0.717) is 5.56 Å². The molecule has 0 saturated heterocycles. The van der Waals surface area contributed by atoms with Gasteiger partial charge in [-0.05, 0) is 47.2 Å². The number of rotatable bonds is 6. The number of Topliss-reactive ketones (excluding diaryl/α,β-unsaturated/α-hetero) is 1. The molecular formula is C18H17BrINO2. The number of carbonyl (C=O) groups excluding carboxylic acids is 2. The number of hydrogen-bond acceptors (Lipinski definition) is 2. The Hall–Kier alpha value is -1.21. The molecule has 0 aliphatic carbocycles. The number of ketones is 1. The van der Waals surface area contributed by atoms with Crippen LogP contribution in [0.15, 0.2) is 59.1 Å². The third kappa shape index (κ3) is 5.42. The summed E-state index contributed by atoms with van der Waals surface area (Å²) >= 11 is 5.60. The zero-order valence-corrected chi connectivity index (χ0v) is 16.4. The maximum atomic E-state index is 12.2. The minimum absolute atomic E-state index is 0.0143.